The molecule has 0 heterocycles. The third-order valence-electron chi connectivity index (χ3n) is 3.19. The summed E-state index contributed by atoms with van der Waals surface area (Å²) < 4.78 is 13.8. The summed E-state index contributed by atoms with van der Waals surface area (Å²) in [4.78, 5) is 0. The first-order chi connectivity index (χ1) is 8.34. The highest BCUT2D eigenvalue weighted by Gasteiger charge is 2.15. The van der Waals surface area contributed by atoms with Gasteiger partial charge in [-0.3, -0.25) is 0 Å². The van der Waals surface area contributed by atoms with E-state index in [4.69, 9.17) is 0 Å². The van der Waals surface area contributed by atoms with E-state index < -0.39 is 6.17 Å². The van der Waals surface area contributed by atoms with Gasteiger partial charge in [0.1, 0.15) is 6.17 Å². The molecule has 1 aliphatic carbocycles. The minimum atomic E-state index is -0.956. The first-order valence-corrected chi connectivity index (χ1v) is 5.83. The maximum absolute atomic E-state index is 13.8. The Kier molecular flexibility index (Phi) is 2.52. The zero-order valence-corrected chi connectivity index (χ0v) is 9.44. The van der Waals surface area contributed by atoms with Gasteiger partial charge in [-0.15, -0.1) is 0 Å². The van der Waals surface area contributed by atoms with Crippen LogP contribution in [-0.2, 0) is 6.42 Å². The lowest BCUT2D eigenvalue weighted by molar-refractivity contribution is 0.408. The molecule has 1 heteroatoms. The molecule has 0 nitrogen and oxygen atoms in total. The third kappa shape index (κ3) is 1.89. The predicted octanol–water partition coefficient (Wildman–Crippen LogP) is 4.48. The summed E-state index contributed by atoms with van der Waals surface area (Å²) in [5.41, 5.74) is 4.13. The van der Waals surface area contributed by atoms with Crippen LogP contribution in [0.15, 0.2) is 60.7 Å². The van der Waals surface area contributed by atoms with E-state index in [1.54, 1.807) is 6.08 Å². The molecule has 0 amide bonds. The monoisotopic (exact) mass is 224 g/mol. The number of hydrogen-bond acceptors (Lipinski definition) is 0. The van der Waals surface area contributed by atoms with E-state index in [2.05, 4.69) is 6.07 Å². The second-order valence-electron chi connectivity index (χ2n) is 4.31. The molecule has 0 saturated carbocycles. The van der Waals surface area contributed by atoms with E-state index in [9.17, 15) is 4.39 Å². The second kappa shape index (κ2) is 4.17. The van der Waals surface area contributed by atoms with Gasteiger partial charge in [0.15, 0.2) is 0 Å². The van der Waals surface area contributed by atoms with Crippen LogP contribution in [0.5, 0.6) is 0 Å². The van der Waals surface area contributed by atoms with Gasteiger partial charge in [0, 0.05) is 0 Å². The predicted molar refractivity (Wildman–Crippen MR) is 68.6 cm³/mol. The van der Waals surface area contributed by atoms with Crippen molar-refractivity contribution in [1.82, 2.24) is 0 Å². The van der Waals surface area contributed by atoms with E-state index in [0.717, 1.165) is 28.7 Å². The van der Waals surface area contributed by atoms with Crippen LogP contribution in [0.1, 0.15) is 17.3 Å². The average molecular weight is 224 g/mol. The topological polar surface area (TPSA) is 0 Å². The van der Waals surface area contributed by atoms with Crippen molar-refractivity contribution in [3.05, 3.63) is 71.8 Å². The zero-order valence-electron chi connectivity index (χ0n) is 9.44. The van der Waals surface area contributed by atoms with Gasteiger partial charge >= 0.3 is 0 Å². The molecule has 17 heavy (non-hydrogen) atoms. The van der Waals surface area contributed by atoms with Crippen molar-refractivity contribution in [3.63, 3.8) is 0 Å². The number of halogens is 1. The molecular weight excluding hydrogens is 211 g/mol. The van der Waals surface area contributed by atoms with Crippen molar-refractivity contribution in [2.24, 2.45) is 0 Å². The number of allylic oxidation sites excluding steroid dienone is 2. The molecule has 0 N–H and O–H groups in total. The van der Waals surface area contributed by atoms with E-state index in [0.29, 0.717) is 0 Å². The Bertz CT molecular complexity index is 555. The molecule has 0 fully saturated rings. The molecule has 1 aliphatic rings. The fourth-order valence-electron chi connectivity index (χ4n) is 2.27. The molecule has 0 radical (unpaired) electrons. The molecule has 2 aromatic rings. The van der Waals surface area contributed by atoms with Gasteiger partial charge in [0.25, 0.3) is 0 Å². The number of alkyl halides is 1. The second-order valence-corrected chi connectivity index (χ2v) is 4.31. The van der Waals surface area contributed by atoms with Crippen LogP contribution >= 0.6 is 0 Å². The summed E-state index contributed by atoms with van der Waals surface area (Å²) in [6, 6.07) is 16.2. The van der Waals surface area contributed by atoms with Crippen LogP contribution in [0.2, 0.25) is 0 Å². The number of hydrogen-bond donors (Lipinski definition) is 0. The van der Waals surface area contributed by atoms with Gasteiger partial charge in [-0.2, -0.15) is 0 Å². The lowest BCUT2D eigenvalue weighted by atomic mass is 9.92. The zero-order chi connectivity index (χ0) is 11.7. The number of fused-ring (bicyclic) bond motifs is 1. The van der Waals surface area contributed by atoms with Crippen LogP contribution in [0.25, 0.3) is 11.1 Å². The van der Waals surface area contributed by atoms with Crippen LogP contribution in [0.3, 0.4) is 0 Å². The molecule has 0 bridgehead atoms. The van der Waals surface area contributed by atoms with Crippen molar-refractivity contribution in [2.75, 3.05) is 0 Å². The Hall–Kier alpha value is -1.89. The first-order valence-electron chi connectivity index (χ1n) is 5.83. The highest BCUT2D eigenvalue weighted by Crippen LogP contribution is 2.31. The Morgan fingerprint density at radius 2 is 1.76 bits per heavy atom. The quantitative estimate of drug-likeness (QED) is 0.627. The van der Waals surface area contributed by atoms with E-state index in [-0.39, 0.29) is 0 Å². The molecule has 0 spiro atoms. The molecule has 0 aliphatic heterocycles. The van der Waals surface area contributed by atoms with Crippen molar-refractivity contribution in [2.45, 2.75) is 12.6 Å². The maximum atomic E-state index is 13.8. The van der Waals surface area contributed by atoms with Gasteiger partial charge in [-0.25, -0.2) is 4.39 Å². The van der Waals surface area contributed by atoms with Gasteiger partial charge < -0.3 is 0 Å². The fraction of sp³-hybridized carbons (Fsp3) is 0.125. The maximum Gasteiger partial charge on any atom is 0.144 e. The Morgan fingerprint density at radius 3 is 2.59 bits per heavy atom. The van der Waals surface area contributed by atoms with Crippen molar-refractivity contribution < 1.29 is 4.39 Å². The van der Waals surface area contributed by atoms with Crippen molar-refractivity contribution >= 4 is 0 Å². The number of benzene rings is 2. The average Bonchev–Trinajstić information content (AvgIpc) is 2.40. The van der Waals surface area contributed by atoms with Gasteiger partial charge in [0.2, 0.25) is 0 Å². The molecule has 0 saturated heterocycles. The molecular formula is C16H13F. The smallest absolute Gasteiger partial charge is 0.144 e. The van der Waals surface area contributed by atoms with Gasteiger partial charge in [-0.1, -0.05) is 48.5 Å². The van der Waals surface area contributed by atoms with Gasteiger partial charge in [-0.05, 0) is 40.8 Å². The summed E-state index contributed by atoms with van der Waals surface area (Å²) in [5, 5.41) is 0. The summed E-state index contributed by atoms with van der Waals surface area (Å²) >= 11 is 0. The minimum absolute atomic E-state index is 0.814. The molecule has 3 rings (SSSR count). The molecule has 0 aromatic heterocycles. The lowest BCUT2D eigenvalue weighted by Gasteiger charge is -2.16. The standard InChI is InChI=1S/C16H13F/c17-16-8-4-7-13-9-10-14(11-15(13)16)12-5-2-1-3-6-12/h1-6,8-11,16H,7H2. The Morgan fingerprint density at radius 1 is 0.941 bits per heavy atom. The largest absolute Gasteiger partial charge is 0.238 e. The van der Waals surface area contributed by atoms with Crippen LogP contribution in [0, 0.1) is 0 Å². The lowest BCUT2D eigenvalue weighted by Crippen LogP contribution is -2.00. The normalized spacial score (nSPS) is 17.8. The van der Waals surface area contributed by atoms with Crippen molar-refractivity contribution in [3.8, 4) is 11.1 Å². The first kappa shape index (κ1) is 10.3. The molecule has 1 atom stereocenters. The van der Waals surface area contributed by atoms with Crippen molar-refractivity contribution in [1.29, 1.82) is 0 Å². The third-order valence-corrected chi connectivity index (χ3v) is 3.19. The van der Waals surface area contributed by atoms with Gasteiger partial charge in [0.05, 0.1) is 0 Å². The van der Waals surface area contributed by atoms with E-state index in [1.165, 1.54) is 0 Å². The van der Waals surface area contributed by atoms with E-state index >= 15 is 0 Å². The fourth-order valence-corrected chi connectivity index (χ4v) is 2.27. The van der Waals surface area contributed by atoms with E-state index in [1.807, 2.05) is 48.5 Å². The Labute approximate surface area is 100 Å². The van der Waals surface area contributed by atoms with Crippen LogP contribution in [-0.4, -0.2) is 0 Å². The molecule has 84 valence electrons. The highest BCUT2D eigenvalue weighted by molar-refractivity contribution is 5.65. The summed E-state index contributed by atoms with van der Waals surface area (Å²) in [7, 11) is 0. The highest BCUT2D eigenvalue weighted by atomic mass is 19.1. The molecule has 1 unspecified atom stereocenters. The number of rotatable bonds is 1. The SMILES string of the molecule is FC1C=CCc2ccc(-c3ccccc3)cc21. The van der Waals surface area contributed by atoms with Crippen LogP contribution in [0.4, 0.5) is 4.39 Å². The summed E-state index contributed by atoms with van der Waals surface area (Å²) in [5.74, 6) is 0. The Balaban J connectivity index is 2.08. The minimum Gasteiger partial charge on any atom is -0.238 e. The summed E-state index contributed by atoms with van der Waals surface area (Å²) in [6.07, 6.45) is 3.42. The summed E-state index contributed by atoms with van der Waals surface area (Å²) in [6.45, 7) is 0. The molecule has 2 aromatic carbocycles. The van der Waals surface area contributed by atoms with Crippen LogP contribution < -0.4 is 0 Å².